The van der Waals surface area contributed by atoms with Crippen molar-refractivity contribution in [3.05, 3.63) is 29.8 Å². The first kappa shape index (κ1) is 18.5. The largest absolute Gasteiger partial charge is 0.484 e. The van der Waals surface area contributed by atoms with E-state index < -0.39 is 12.8 Å². The molecule has 2 unspecified atom stereocenters. The van der Waals surface area contributed by atoms with Gasteiger partial charge in [-0.2, -0.15) is 13.2 Å². The number of halogens is 3. The van der Waals surface area contributed by atoms with E-state index in [4.69, 9.17) is 4.74 Å². The van der Waals surface area contributed by atoms with Crippen LogP contribution < -0.4 is 20.9 Å². The predicted molar refractivity (Wildman–Crippen MR) is 83.2 cm³/mol. The van der Waals surface area contributed by atoms with Crippen molar-refractivity contribution in [3.63, 3.8) is 0 Å². The number of hydrogen-bond acceptors (Lipinski definition) is 4. The van der Waals surface area contributed by atoms with Gasteiger partial charge in [0.05, 0.1) is 0 Å². The summed E-state index contributed by atoms with van der Waals surface area (Å²) in [6.07, 6.45) is -1.62. The van der Waals surface area contributed by atoms with Crippen molar-refractivity contribution in [2.45, 2.75) is 51.0 Å². The molecule has 0 aliphatic carbocycles. The van der Waals surface area contributed by atoms with E-state index in [0.29, 0.717) is 12.0 Å². The maximum Gasteiger partial charge on any atom is 0.422 e. The summed E-state index contributed by atoms with van der Waals surface area (Å²) in [5.41, 5.74) is 6.73. The number of amides is 1. The van der Waals surface area contributed by atoms with E-state index in [9.17, 15) is 18.0 Å². The molecule has 0 spiro atoms. The Balaban J connectivity index is 1.80. The lowest BCUT2D eigenvalue weighted by Crippen LogP contribution is -2.43. The molecule has 0 radical (unpaired) electrons. The third-order valence-electron chi connectivity index (χ3n) is 3.70. The van der Waals surface area contributed by atoms with Crippen LogP contribution in [0.1, 0.15) is 31.7 Å². The molecule has 0 aromatic heterocycles. The molecule has 0 saturated carbocycles. The van der Waals surface area contributed by atoms with E-state index >= 15 is 0 Å². The Bertz CT molecular complexity index is 552. The van der Waals surface area contributed by atoms with Gasteiger partial charge < -0.3 is 10.1 Å². The van der Waals surface area contributed by atoms with Crippen LogP contribution in [-0.2, 0) is 11.3 Å². The maximum atomic E-state index is 12.2. The molecule has 3 N–H and O–H groups in total. The molecule has 1 aliphatic heterocycles. The Labute approximate surface area is 138 Å². The number of ether oxygens (including phenoxy) is 1. The molecule has 1 aromatic rings. The van der Waals surface area contributed by atoms with Gasteiger partial charge in [-0.3, -0.25) is 10.2 Å². The van der Waals surface area contributed by atoms with E-state index in [0.717, 1.165) is 12.8 Å². The van der Waals surface area contributed by atoms with Crippen LogP contribution >= 0.6 is 0 Å². The quantitative estimate of drug-likeness (QED) is 0.710. The van der Waals surface area contributed by atoms with Gasteiger partial charge in [-0.15, -0.1) is 0 Å². The van der Waals surface area contributed by atoms with Crippen molar-refractivity contribution in [2.75, 3.05) is 6.61 Å². The SMILES string of the molecule is CCCC1CC(C(=O)NCc2cccc(OCC(F)(F)F)c2)NN1. The van der Waals surface area contributed by atoms with Crippen LogP contribution in [0.25, 0.3) is 0 Å². The number of rotatable bonds is 7. The zero-order valence-electron chi connectivity index (χ0n) is 13.5. The Hall–Kier alpha value is -1.80. The standard InChI is InChI=1S/C16H22F3N3O2/c1-2-4-12-8-14(22-21-12)15(23)20-9-11-5-3-6-13(7-11)24-10-16(17,18)19/h3,5-7,12,14,21-22H,2,4,8-10H2,1H3,(H,20,23). The molecule has 5 nitrogen and oxygen atoms in total. The van der Waals surface area contributed by atoms with E-state index in [1.807, 2.05) is 0 Å². The fourth-order valence-electron chi connectivity index (χ4n) is 2.55. The molecule has 2 atom stereocenters. The minimum absolute atomic E-state index is 0.128. The lowest BCUT2D eigenvalue weighted by Gasteiger charge is -2.12. The van der Waals surface area contributed by atoms with Gasteiger partial charge in [-0.25, -0.2) is 5.43 Å². The fourth-order valence-corrected chi connectivity index (χ4v) is 2.55. The van der Waals surface area contributed by atoms with Crippen LogP contribution in [0.5, 0.6) is 5.75 Å². The van der Waals surface area contributed by atoms with Crippen LogP contribution in [0.2, 0.25) is 0 Å². The third-order valence-corrected chi connectivity index (χ3v) is 3.70. The first-order chi connectivity index (χ1) is 11.4. The Morgan fingerprint density at radius 1 is 1.38 bits per heavy atom. The van der Waals surface area contributed by atoms with Gasteiger partial charge in [-0.05, 0) is 30.5 Å². The lowest BCUT2D eigenvalue weighted by atomic mass is 10.1. The van der Waals surface area contributed by atoms with Crippen molar-refractivity contribution in [2.24, 2.45) is 0 Å². The topological polar surface area (TPSA) is 62.4 Å². The van der Waals surface area contributed by atoms with Crippen LogP contribution in [0.3, 0.4) is 0 Å². The summed E-state index contributed by atoms with van der Waals surface area (Å²) in [4.78, 5) is 12.1. The first-order valence-corrected chi connectivity index (χ1v) is 7.94. The second kappa shape index (κ2) is 8.34. The molecule has 24 heavy (non-hydrogen) atoms. The molecular weight excluding hydrogens is 323 g/mol. The Morgan fingerprint density at radius 2 is 2.17 bits per heavy atom. The van der Waals surface area contributed by atoms with Crippen molar-refractivity contribution < 1.29 is 22.7 Å². The van der Waals surface area contributed by atoms with Crippen LogP contribution in [0, 0.1) is 0 Å². The van der Waals surface area contributed by atoms with E-state index in [1.54, 1.807) is 12.1 Å². The molecule has 134 valence electrons. The van der Waals surface area contributed by atoms with E-state index in [-0.39, 0.29) is 30.3 Å². The molecule has 1 fully saturated rings. The smallest absolute Gasteiger partial charge is 0.422 e. The second-order valence-electron chi connectivity index (χ2n) is 5.83. The highest BCUT2D eigenvalue weighted by Gasteiger charge is 2.29. The van der Waals surface area contributed by atoms with Crippen molar-refractivity contribution in [3.8, 4) is 5.75 Å². The lowest BCUT2D eigenvalue weighted by molar-refractivity contribution is -0.153. The Morgan fingerprint density at radius 3 is 2.88 bits per heavy atom. The fraction of sp³-hybridized carbons (Fsp3) is 0.562. The minimum Gasteiger partial charge on any atom is -0.484 e. The summed E-state index contributed by atoms with van der Waals surface area (Å²) >= 11 is 0. The zero-order chi connectivity index (χ0) is 17.6. The minimum atomic E-state index is -4.37. The summed E-state index contributed by atoms with van der Waals surface area (Å²) in [6, 6.07) is 6.25. The molecule has 2 rings (SSSR count). The molecule has 1 aromatic carbocycles. The molecule has 8 heteroatoms. The molecule has 1 aliphatic rings. The van der Waals surface area contributed by atoms with Gasteiger partial charge in [0.1, 0.15) is 11.8 Å². The van der Waals surface area contributed by atoms with Crippen molar-refractivity contribution in [1.82, 2.24) is 16.2 Å². The zero-order valence-corrected chi connectivity index (χ0v) is 13.5. The molecule has 0 bridgehead atoms. The predicted octanol–water partition coefficient (Wildman–Crippen LogP) is 2.28. The van der Waals surface area contributed by atoms with Crippen LogP contribution in [-0.4, -0.2) is 30.8 Å². The highest BCUT2D eigenvalue weighted by molar-refractivity contribution is 5.82. The van der Waals surface area contributed by atoms with E-state index in [2.05, 4.69) is 23.1 Å². The van der Waals surface area contributed by atoms with Gasteiger partial charge in [-0.1, -0.05) is 25.5 Å². The van der Waals surface area contributed by atoms with Gasteiger partial charge in [0.15, 0.2) is 6.61 Å². The van der Waals surface area contributed by atoms with Crippen molar-refractivity contribution >= 4 is 5.91 Å². The van der Waals surface area contributed by atoms with Gasteiger partial charge >= 0.3 is 6.18 Å². The summed E-state index contributed by atoms with van der Waals surface area (Å²) < 4.78 is 41.2. The number of carbonyl (C=O) groups is 1. The first-order valence-electron chi connectivity index (χ1n) is 7.94. The monoisotopic (exact) mass is 345 g/mol. The number of benzene rings is 1. The number of hydrazine groups is 1. The van der Waals surface area contributed by atoms with Crippen LogP contribution in [0.15, 0.2) is 24.3 Å². The maximum absolute atomic E-state index is 12.2. The van der Waals surface area contributed by atoms with Gasteiger partial charge in [0.2, 0.25) is 5.91 Å². The second-order valence-corrected chi connectivity index (χ2v) is 5.83. The van der Waals surface area contributed by atoms with E-state index in [1.165, 1.54) is 12.1 Å². The highest BCUT2D eigenvalue weighted by atomic mass is 19.4. The molecule has 1 amide bonds. The van der Waals surface area contributed by atoms with Crippen molar-refractivity contribution in [1.29, 1.82) is 0 Å². The normalized spacial score (nSPS) is 20.8. The number of nitrogens with one attached hydrogen (secondary N) is 3. The highest BCUT2D eigenvalue weighted by Crippen LogP contribution is 2.19. The summed E-state index contributed by atoms with van der Waals surface area (Å²) in [7, 11) is 0. The molecule has 1 heterocycles. The van der Waals surface area contributed by atoms with Gasteiger partial charge in [0.25, 0.3) is 0 Å². The summed E-state index contributed by atoms with van der Waals surface area (Å²) in [5.74, 6) is -0.00884. The summed E-state index contributed by atoms with van der Waals surface area (Å²) in [5, 5.41) is 2.78. The Kier molecular flexibility index (Phi) is 6.44. The average molecular weight is 345 g/mol. The number of carbonyl (C=O) groups excluding carboxylic acids is 1. The number of hydrogen-bond donors (Lipinski definition) is 3. The molecule has 1 saturated heterocycles. The summed E-state index contributed by atoms with van der Waals surface area (Å²) in [6.45, 7) is 0.987. The molecular formula is C16H22F3N3O2. The average Bonchev–Trinajstić information content (AvgIpc) is 2.99. The van der Waals surface area contributed by atoms with Crippen LogP contribution in [0.4, 0.5) is 13.2 Å². The number of alkyl halides is 3. The van der Waals surface area contributed by atoms with Gasteiger partial charge in [0, 0.05) is 12.6 Å². The third kappa shape index (κ3) is 6.01.